The standard InChI is InChI=1S/C5H12NO/c1-6-4-3-5-7-2/h3-5H2,1-2H3/q-1. The van der Waals surface area contributed by atoms with E-state index in [-0.39, 0.29) is 0 Å². The molecule has 2 heteroatoms. The molecule has 44 valence electrons. The maximum Gasteiger partial charge on any atom is 0.0445 e. The normalized spacial score (nSPS) is 9.43. The largest absolute Gasteiger partial charge is 0.665 e. The number of ether oxygens (including phenoxy) is 1. The molecule has 0 saturated heterocycles. The number of hydrogen-bond donors (Lipinski definition) is 0. The Morgan fingerprint density at radius 2 is 2.29 bits per heavy atom. The molecule has 0 aromatic heterocycles. The van der Waals surface area contributed by atoms with Crippen LogP contribution in [0.25, 0.3) is 5.32 Å². The highest BCUT2D eigenvalue weighted by Crippen LogP contribution is 1.83. The van der Waals surface area contributed by atoms with Gasteiger partial charge in [0.25, 0.3) is 0 Å². The van der Waals surface area contributed by atoms with Crippen LogP contribution < -0.4 is 0 Å². The number of methoxy groups -OCH3 is 1. The van der Waals surface area contributed by atoms with Crippen LogP contribution in [0.4, 0.5) is 0 Å². The van der Waals surface area contributed by atoms with Crippen molar-refractivity contribution >= 4 is 0 Å². The van der Waals surface area contributed by atoms with Crippen molar-refractivity contribution in [3.05, 3.63) is 5.32 Å². The zero-order valence-corrected chi connectivity index (χ0v) is 4.98. The van der Waals surface area contributed by atoms with E-state index in [2.05, 4.69) is 5.32 Å². The lowest BCUT2D eigenvalue weighted by Crippen LogP contribution is -1.90. The van der Waals surface area contributed by atoms with Gasteiger partial charge in [0, 0.05) is 13.7 Å². The summed E-state index contributed by atoms with van der Waals surface area (Å²) in [7, 11) is 3.52. The van der Waals surface area contributed by atoms with Crippen LogP contribution in [0.2, 0.25) is 0 Å². The molecule has 0 heterocycles. The van der Waals surface area contributed by atoms with Crippen molar-refractivity contribution in [1.29, 1.82) is 0 Å². The topological polar surface area (TPSA) is 23.3 Å². The van der Waals surface area contributed by atoms with Crippen molar-refractivity contribution in [3.8, 4) is 0 Å². The molecule has 2 nitrogen and oxygen atoms in total. The quantitative estimate of drug-likeness (QED) is 0.486. The molecule has 0 aliphatic heterocycles. The molecule has 7 heavy (non-hydrogen) atoms. The van der Waals surface area contributed by atoms with Crippen LogP contribution in [0.5, 0.6) is 0 Å². The summed E-state index contributed by atoms with van der Waals surface area (Å²) in [5.74, 6) is 0. The molecule has 0 N–H and O–H groups in total. The van der Waals surface area contributed by atoms with E-state index in [9.17, 15) is 0 Å². The molecule has 0 fully saturated rings. The summed E-state index contributed by atoms with van der Waals surface area (Å²) in [6, 6.07) is 0. The minimum atomic E-state index is 0.831. The van der Waals surface area contributed by atoms with E-state index in [1.54, 1.807) is 7.11 Å². The maximum absolute atomic E-state index is 4.78. The summed E-state index contributed by atoms with van der Waals surface area (Å²) < 4.78 is 4.78. The molecular weight excluding hydrogens is 90.1 g/mol. The van der Waals surface area contributed by atoms with Crippen LogP contribution in [0.1, 0.15) is 6.42 Å². The average Bonchev–Trinajstić information content (AvgIpc) is 1.69. The highest BCUT2D eigenvalue weighted by Gasteiger charge is 1.71. The van der Waals surface area contributed by atoms with Crippen LogP contribution in [0.15, 0.2) is 0 Å². The monoisotopic (exact) mass is 102 g/mol. The summed E-state index contributed by atoms with van der Waals surface area (Å²) in [5, 5.41) is 3.89. The predicted molar refractivity (Wildman–Crippen MR) is 30.6 cm³/mol. The van der Waals surface area contributed by atoms with Crippen LogP contribution in [0, 0.1) is 0 Å². The number of hydrogen-bond acceptors (Lipinski definition) is 1. The molecule has 0 spiro atoms. The molecule has 0 aliphatic carbocycles. The molecule has 0 saturated carbocycles. The van der Waals surface area contributed by atoms with Gasteiger partial charge in [-0.15, -0.1) is 6.54 Å². The van der Waals surface area contributed by atoms with Crippen LogP contribution in [-0.2, 0) is 4.74 Å². The highest BCUT2D eigenvalue weighted by atomic mass is 16.5. The lowest BCUT2D eigenvalue weighted by Gasteiger charge is -2.07. The lowest BCUT2D eigenvalue weighted by atomic mass is 10.5. The summed E-state index contributed by atoms with van der Waals surface area (Å²) >= 11 is 0. The van der Waals surface area contributed by atoms with Crippen molar-refractivity contribution in [3.63, 3.8) is 0 Å². The van der Waals surface area contributed by atoms with Crippen molar-refractivity contribution in [2.75, 3.05) is 27.3 Å². The Labute approximate surface area is 44.9 Å². The average molecular weight is 102 g/mol. The van der Waals surface area contributed by atoms with Crippen molar-refractivity contribution in [2.45, 2.75) is 6.42 Å². The molecule has 0 atom stereocenters. The summed E-state index contributed by atoms with van der Waals surface area (Å²) in [6.45, 7) is 1.76. The zero-order valence-electron chi connectivity index (χ0n) is 4.98. The Kier molecular flexibility index (Phi) is 5.85. The Morgan fingerprint density at radius 1 is 1.57 bits per heavy atom. The second kappa shape index (κ2) is 5.92. The first-order valence-electron chi connectivity index (χ1n) is 2.46. The van der Waals surface area contributed by atoms with Crippen molar-refractivity contribution < 1.29 is 4.74 Å². The van der Waals surface area contributed by atoms with E-state index in [0.717, 1.165) is 19.6 Å². The Balaban J connectivity index is 2.45. The molecule has 0 aromatic carbocycles. The summed E-state index contributed by atoms with van der Waals surface area (Å²) in [4.78, 5) is 0. The van der Waals surface area contributed by atoms with Gasteiger partial charge in [-0.25, -0.2) is 0 Å². The van der Waals surface area contributed by atoms with Gasteiger partial charge in [-0.2, -0.15) is 7.05 Å². The first-order chi connectivity index (χ1) is 3.41. The first kappa shape index (κ1) is 6.92. The molecule has 0 bridgehead atoms. The van der Waals surface area contributed by atoms with E-state index in [0.29, 0.717) is 0 Å². The molecule has 0 aliphatic rings. The van der Waals surface area contributed by atoms with E-state index >= 15 is 0 Å². The second-order valence-corrected chi connectivity index (χ2v) is 1.39. The van der Waals surface area contributed by atoms with Crippen LogP contribution >= 0.6 is 0 Å². The Bertz CT molecular complexity index is 27.3. The SMILES string of the molecule is C[N-]CCCOC. The van der Waals surface area contributed by atoms with Gasteiger partial charge in [0.15, 0.2) is 0 Å². The predicted octanol–water partition coefficient (Wildman–Crippen LogP) is 1.03. The Morgan fingerprint density at radius 3 is 2.71 bits per heavy atom. The summed E-state index contributed by atoms with van der Waals surface area (Å²) in [5.41, 5.74) is 0. The van der Waals surface area contributed by atoms with E-state index in [4.69, 9.17) is 4.74 Å². The molecule has 0 radical (unpaired) electrons. The fourth-order valence-corrected chi connectivity index (χ4v) is 0.367. The third-order valence-corrected chi connectivity index (χ3v) is 0.730. The minimum absolute atomic E-state index is 0.831. The van der Waals surface area contributed by atoms with Gasteiger partial charge in [0.1, 0.15) is 0 Å². The number of rotatable bonds is 4. The number of nitrogens with zero attached hydrogens (tertiary/aromatic N) is 1. The van der Waals surface area contributed by atoms with Crippen LogP contribution in [0.3, 0.4) is 0 Å². The smallest absolute Gasteiger partial charge is 0.0445 e. The van der Waals surface area contributed by atoms with E-state index in [1.807, 2.05) is 7.05 Å². The van der Waals surface area contributed by atoms with Crippen molar-refractivity contribution in [1.82, 2.24) is 0 Å². The maximum atomic E-state index is 4.78. The lowest BCUT2D eigenvalue weighted by molar-refractivity contribution is 0.198. The molecule has 0 rings (SSSR count). The summed E-state index contributed by atoms with van der Waals surface area (Å²) in [6.07, 6.45) is 1.05. The van der Waals surface area contributed by atoms with Gasteiger partial charge >= 0.3 is 0 Å². The third kappa shape index (κ3) is 5.92. The fraction of sp³-hybridized carbons (Fsp3) is 1.00. The van der Waals surface area contributed by atoms with Crippen molar-refractivity contribution in [2.24, 2.45) is 0 Å². The van der Waals surface area contributed by atoms with Gasteiger partial charge in [-0.3, -0.25) is 0 Å². The van der Waals surface area contributed by atoms with Crippen LogP contribution in [-0.4, -0.2) is 27.3 Å². The minimum Gasteiger partial charge on any atom is -0.665 e. The molecule has 0 unspecified atom stereocenters. The zero-order chi connectivity index (χ0) is 5.54. The molecule has 0 aromatic rings. The highest BCUT2D eigenvalue weighted by molar-refractivity contribution is 4.67. The van der Waals surface area contributed by atoms with Gasteiger partial charge in [-0.05, 0) is 6.42 Å². The first-order valence-corrected chi connectivity index (χ1v) is 2.46. The van der Waals surface area contributed by atoms with Gasteiger partial charge in [0.2, 0.25) is 0 Å². The van der Waals surface area contributed by atoms with E-state index in [1.165, 1.54) is 0 Å². The van der Waals surface area contributed by atoms with Gasteiger partial charge in [-0.1, -0.05) is 0 Å². The second-order valence-electron chi connectivity index (χ2n) is 1.39. The van der Waals surface area contributed by atoms with E-state index < -0.39 is 0 Å². The molecular formula is C5H12NO-. The van der Waals surface area contributed by atoms with Gasteiger partial charge < -0.3 is 10.1 Å². The molecule has 0 amide bonds. The third-order valence-electron chi connectivity index (χ3n) is 0.730. The Hall–Kier alpha value is -0.0800. The van der Waals surface area contributed by atoms with Gasteiger partial charge in [0.05, 0.1) is 0 Å². The fourth-order valence-electron chi connectivity index (χ4n) is 0.367.